The van der Waals surface area contributed by atoms with E-state index in [4.69, 9.17) is 4.84 Å². The number of nitrogens with zero attached hydrogens (tertiary/aromatic N) is 3. The summed E-state index contributed by atoms with van der Waals surface area (Å²) in [5, 5.41) is 4.06. The molecule has 6 nitrogen and oxygen atoms in total. The average molecular weight is 278 g/mol. The van der Waals surface area contributed by atoms with Crippen LogP contribution in [0.15, 0.2) is 30.6 Å². The molecule has 2 aromatic rings. The van der Waals surface area contributed by atoms with E-state index in [0.29, 0.717) is 5.75 Å². The number of benzene rings is 1. The lowest BCUT2D eigenvalue weighted by atomic mass is 10.1. The molecular formula is C13H15FN4O2. The Kier molecular flexibility index (Phi) is 3.69. The van der Waals surface area contributed by atoms with Crippen molar-refractivity contribution in [3.63, 3.8) is 0 Å². The standard InChI is InChI=1S/C13H15FN4O2/c1-13(2,3)18-8-15-11(16-18)12(19)17-20-10-6-4-9(14)5-7-10/h4-8H,1-3H3,(H,17,19). The summed E-state index contributed by atoms with van der Waals surface area (Å²) < 4.78 is 14.3. The number of hydrogen-bond acceptors (Lipinski definition) is 4. The van der Waals surface area contributed by atoms with E-state index in [1.54, 1.807) is 4.68 Å². The summed E-state index contributed by atoms with van der Waals surface area (Å²) in [7, 11) is 0. The van der Waals surface area contributed by atoms with E-state index in [-0.39, 0.29) is 17.2 Å². The van der Waals surface area contributed by atoms with Gasteiger partial charge in [-0.3, -0.25) is 4.79 Å². The molecule has 0 spiro atoms. The lowest BCUT2D eigenvalue weighted by molar-refractivity contribution is 0.0747. The minimum absolute atomic E-state index is 0.00189. The first-order valence-corrected chi connectivity index (χ1v) is 6.01. The maximum atomic E-state index is 12.7. The molecule has 1 heterocycles. The van der Waals surface area contributed by atoms with Crippen LogP contribution in [0.2, 0.25) is 0 Å². The Hall–Kier alpha value is -2.44. The highest BCUT2D eigenvalue weighted by Gasteiger charge is 2.18. The number of hydroxylamine groups is 1. The summed E-state index contributed by atoms with van der Waals surface area (Å²) in [6, 6.07) is 5.26. The maximum Gasteiger partial charge on any atom is 0.323 e. The molecule has 0 aliphatic heterocycles. The number of carbonyl (C=O) groups is 1. The SMILES string of the molecule is CC(C)(C)n1cnc(C(=O)NOc2ccc(F)cc2)n1. The van der Waals surface area contributed by atoms with Gasteiger partial charge in [-0.15, -0.1) is 5.10 Å². The molecule has 1 aromatic heterocycles. The van der Waals surface area contributed by atoms with E-state index in [2.05, 4.69) is 15.6 Å². The second-order valence-corrected chi connectivity index (χ2v) is 5.17. The summed E-state index contributed by atoms with van der Waals surface area (Å²) in [4.78, 5) is 20.7. The first-order chi connectivity index (χ1) is 9.36. The van der Waals surface area contributed by atoms with Crippen molar-refractivity contribution >= 4 is 5.91 Å². The summed E-state index contributed by atoms with van der Waals surface area (Å²) in [6.45, 7) is 5.83. The fraction of sp³-hybridized carbons (Fsp3) is 0.308. The summed E-state index contributed by atoms with van der Waals surface area (Å²) in [6.07, 6.45) is 1.48. The monoisotopic (exact) mass is 278 g/mol. The fourth-order valence-corrected chi connectivity index (χ4v) is 1.34. The van der Waals surface area contributed by atoms with Gasteiger partial charge in [0.15, 0.2) is 5.75 Å². The van der Waals surface area contributed by atoms with Gasteiger partial charge in [0.05, 0.1) is 5.54 Å². The summed E-state index contributed by atoms with van der Waals surface area (Å²) >= 11 is 0. The highest BCUT2D eigenvalue weighted by atomic mass is 19.1. The van der Waals surface area contributed by atoms with Crippen molar-refractivity contribution in [2.24, 2.45) is 0 Å². The van der Waals surface area contributed by atoms with Crippen molar-refractivity contribution in [2.45, 2.75) is 26.3 Å². The van der Waals surface area contributed by atoms with Crippen molar-refractivity contribution < 1.29 is 14.0 Å². The van der Waals surface area contributed by atoms with Crippen molar-refractivity contribution in [3.05, 3.63) is 42.2 Å². The molecule has 0 fully saturated rings. The van der Waals surface area contributed by atoms with Gasteiger partial charge in [0.1, 0.15) is 12.1 Å². The quantitative estimate of drug-likeness (QED) is 0.871. The molecule has 7 heteroatoms. The molecular weight excluding hydrogens is 263 g/mol. The minimum atomic E-state index is -0.572. The largest absolute Gasteiger partial charge is 0.379 e. The van der Waals surface area contributed by atoms with Crippen LogP contribution in [0.1, 0.15) is 31.4 Å². The van der Waals surface area contributed by atoms with E-state index in [1.807, 2.05) is 20.8 Å². The van der Waals surface area contributed by atoms with Crippen molar-refractivity contribution in [1.82, 2.24) is 20.2 Å². The Morgan fingerprint density at radius 2 is 1.95 bits per heavy atom. The average Bonchev–Trinajstić information content (AvgIpc) is 2.87. The first kappa shape index (κ1) is 14.0. The summed E-state index contributed by atoms with van der Waals surface area (Å²) in [5.74, 6) is -0.636. The van der Waals surface area contributed by atoms with Gasteiger partial charge in [0.2, 0.25) is 5.82 Å². The molecule has 0 atom stereocenters. The molecule has 0 aliphatic carbocycles. The van der Waals surface area contributed by atoms with Gasteiger partial charge in [0, 0.05) is 0 Å². The normalized spacial score (nSPS) is 11.2. The topological polar surface area (TPSA) is 69.0 Å². The molecule has 1 aromatic carbocycles. The Morgan fingerprint density at radius 3 is 2.50 bits per heavy atom. The number of aromatic nitrogens is 3. The lowest BCUT2D eigenvalue weighted by Crippen LogP contribution is -2.29. The third kappa shape index (κ3) is 3.31. The van der Waals surface area contributed by atoms with Gasteiger partial charge in [-0.1, -0.05) is 0 Å². The van der Waals surface area contributed by atoms with Gasteiger partial charge in [-0.2, -0.15) is 5.48 Å². The molecule has 2 rings (SSSR count). The van der Waals surface area contributed by atoms with E-state index in [1.165, 1.54) is 30.6 Å². The zero-order valence-corrected chi connectivity index (χ0v) is 11.4. The second kappa shape index (κ2) is 5.28. The number of hydrogen-bond donors (Lipinski definition) is 1. The number of nitrogens with one attached hydrogen (secondary N) is 1. The van der Waals surface area contributed by atoms with Crippen molar-refractivity contribution in [2.75, 3.05) is 0 Å². The molecule has 0 unspecified atom stereocenters. The Morgan fingerprint density at radius 1 is 1.30 bits per heavy atom. The molecule has 1 amide bonds. The van der Waals surface area contributed by atoms with Gasteiger partial charge >= 0.3 is 5.91 Å². The number of amides is 1. The molecule has 1 N–H and O–H groups in total. The maximum absolute atomic E-state index is 12.7. The molecule has 0 radical (unpaired) electrons. The van der Waals surface area contributed by atoms with E-state index < -0.39 is 5.91 Å². The third-order valence-electron chi connectivity index (χ3n) is 2.46. The van der Waals surface area contributed by atoms with Crippen molar-refractivity contribution in [1.29, 1.82) is 0 Å². The lowest BCUT2D eigenvalue weighted by Gasteiger charge is -2.17. The third-order valence-corrected chi connectivity index (χ3v) is 2.46. The predicted molar refractivity (Wildman–Crippen MR) is 69.5 cm³/mol. The van der Waals surface area contributed by atoms with Crippen LogP contribution in [0.4, 0.5) is 4.39 Å². The van der Waals surface area contributed by atoms with Crippen LogP contribution in [-0.2, 0) is 5.54 Å². The molecule has 0 saturated carbocycles. The zero-order valence-electron chi connectivity index (χ0n) is 11.4. The Bertz CT molecular complexity index is 602. The summed E-state index contributed by atoms with van der Waals surface area (Å²) in [5.41, 5.74) is 1.94. The van der Waals surface area contributed by atoms with Crippen LogP contribution in [-0.4, -0.2) is 20.7 Å². The highest BCUT2D eigenvalue weighted by Crippen LogP contribution is 2.12. The van der Waals surface area contributed by atoms with E-state index in [9.17, 15) is 9.18 Å². The van der Waals surface area contributed by atoms with E-state index >= 15 is 0 Å². The van der Waals surface area contributed by atoms with E-state index in [0.717, 1.165) is 0 Å². The molecule has 20 heavy (non-hydrogen) atoms. The van der Waals surface area contributed by atoms with Crippen LogP contribution >= 0.6 is 0 Å². The minimum Gasteiger partial charge on any atom is -0.379 e. The zero-order chi connectivity index (χ0) is 14.8. The van der Waals surface area contributed by atoms with Crippen LogP contribution < -0.4 is 10.3 Å². The van der Waals surface area contributed by atoms with Crippen molar-refractivity contribution in [3.8, 4) is 5.75 Å². The van der Waals surface area contributed by atoms with Gasteiger partial charge < -0.3 is 4.84 Å². The Labute approximate surface area is 115 Å². The first-order valence-electron chi connectivity index (χ1n) is 6.01. The smallest absolute Gasteiger partial charge is 0.323 e. The Balaban J connectivity index is 1.98. The van der Waals surface area contributed by atoms with Crippen LogP contribution in [0, 0.1) is 5.82 Å². The molecule has 106 valence electrons. The number of halogens is 1. The second-order valence-electron chi connectivity index (χ2n) is 5.17. The molecule has 0 bridgehead atoms. The number of rotatable bonds is 3. The van der Waals surface area contributed by atoms with Gasteiger partial charge in [-0.05, 0) is 45.0 Å². The molecule has 0 aliphatic rings. The predicted octanol–water partition coefficient (Wildman–Crippen LogP) is 1.90. The molecule has 0 saturated heterocycles. The van der Waals surface area contributed by atoms with Crippen LogP contribution in [0.25, 0.3) is 0 Å². The highest BCUT2D eigenvalue weighted by molar-refractivity contribution is 5.89. The van der Waals surface area contributed by atoms with Crippen LogP contribution in [0.3, 0.4) is 0 Å². The van der Waals surface area contributed by atoms with Gasteiger partial charge in [0.25, 0.3) is 0 Å². The number of carbonyl (C=O) groups excluding carboxylic acids is 1. The fourth-order valence-electron chi connectivity index (χ4n) is 1.34. The van der Waals surface area contributed by atoms with Crippen LogP contribution in [0.5, 0.6) is 5.75 Å². The van der Waals surface area contributed by atoms with Gasteiger partial charge in [-0.25, -0.2) is 14.1 Å².